The van der Waals surface area contributed by atoms with Gasteiger partial charge in [-0.05, 0) is 43.6 Å². The van der Waals surface area contributed by atoms with Gasteiger partial charge in [-0.1, -0.05) is 57.0 Å². The van der Waals surface area contributed by atoms with E-state index in [1.807, 2.05) is 41.8 Å². The third-order valence-electron chi connectivity index (χ3n) is 8.25. The van der Waals surface area contributed by atoms with Crippen LogP contribution in [0.2, 0.25) is 0 Å². The Morgan fingerprint density at radius 3 is 2.76 bits per heavy atom. The van der Waals surface area contributed by atoms with Crippen LogP contribution in [0.1, 0.15) is 62.5 Å². The van der Waals surface area contributed by atoms with Crippen molar-refractivity contribution >= 4 is 22.9 Å². The highest BCUT2D eigenvalue weighted by molar-refractivity contribution is 6.02. The fraction of sp³-hybridized carbons (Fsp3) is 0.500. The Morgan fingerprint density at radius 1 is 1.18 bits per heavy atom. The second-order valence-electron chi connectivity index (χ2n) is 10.5. The smallest absolute Gasteiger partial charge is 0.271 e. The average molecular weight is 462 g/mol. The highest BCUT2D eigenvalue weighted by atomic mass is 16.3. The van der Waals surface area contributed by atoms with Gasteiger partial charge in [-0.3, -0.25) is 9.59 Å². The molecule has 2 amide bonds. The standard InChI is InChI=1S/C28H35N3O3/c1-19-9-7-13-22(20(19)2)29-27(33)28(3)18-30-23-14-16-34-25(23)17-24(30)26(32)31(28)15-8-12-21-10-5-4-6-11-21/h4-6,10-11,14,16-17,19-20,22H,7-9,12-13,15,18H2,1-3H3,(H,29,33). The van der Waals surface area contributed by atoms with Gasteiger partial charge in [-0.2, -0.15) is 0 Å². The molecule has 1 saturated carbocycles. The summed E-state index contributed by atoms with van der Waals surface area (Å²) in [5, 5.41) is 3.36. The van der Waals surface area contributed by atoms with Crippen molar-refractivity contribution in [3.05, 3.63) is 60.0 Å². The first-order chi connectivity index (χ1) is 16.4. The summed E-state index contributed by atoms with van der Waals surface area (Å²) in [5.74, 6) is 0.856. The molecule has 2 aromatic heterocycles. The zero-order valence-electron chi connectivity index (χ0n) is 20.4. The van der Waals surface area contributed by atoms with Gasteiger partial charge >= 0.3 is 0 Å². The van der Waals surface area contributed by atoms with Gasteiger partial charge in [0.1, 0.15) is 11.2 Å². The Labute approximate surface area is 201 Å². The molecule has 34 heavy (non-hydrogen) atoms. The summed E-state index contributed by atoms with van der Waals surface area (Å²) in [6.45, 7) is 7.38. The molecule has 0 bridgehead atoms. The molecule has 1 N–H and O–H groups in total. The predicted molar refractivity (Wildman–Crippen MR) is 133 cm³/mol. The molecule has 5 rings (SSSR count). The summed E-state index contributed by atoms with van der Waals surface area (Å²) in [4.78, 5) is 29.4. The van der Waals surface area contributed by atoms with Crippen LogP contribution in [0.4, 0.5) is 0 Å². The lowest BCUT2D eigenvalue weighted by Gasteiger charge is -2.45. The van der Waals surface area contributed by atoms with Gasteiger partial charge in [0.05, 0.1) is 18.3 Å². The largest absolute Gasteiger partial charge is 0.463 e. The van der Waals surface area contributed by atoms with Crippen LogP contribution >= 0.6 is 0 Å². The number of rotatable bonds is 6. The maximum Gasteiger partial charge on any atom is 0.271 e. The molecule has 6 nitrogen and oxygen atoms in total. The van der Waals surface area contributed by atoms with E-state index in [1.165, 1.54) is 12.0 Å². The molecule has 180 valence electrons. The molecular weight excluding hydrogens is 426 g/mol. The Kier molecular flexibility index (Phi) is 6.00. The summed E-state index contributed by atoms with van der Waals surface area (Å²) >= 11 is 0. The quantitative estimate of drug-likeness (QED) is 0.560. The van der Waals surface area contributed by atoms with E-state index >= 15 is 0 Å². The molecule has 6 heteroatoms. The van der Waals surface area contributed by atoms with E-state index in [2.05, 4.69) is 31.3 Å². The Bertz CT molecular complexity index is 1180. The van der Waals surface area contributed by atoms with Crippen LogP contribution in [0.3, 0.4) is 0 Å². The molecule has 1 aliphatic carbocycles. The minimum atomic E-state index is -0.968. The van der Waals surface area contributed by atoms with Gasteiger partial charge < -0.3 is 19.2 Å². The van der Waals surface area contributed by atoms with E-state index in [0.29, 0.717) is 36.2 Å². The highest BCUT2D eigenvalue weighted by Gasteiger charge is 2.48. The van der Waals surface area contributed by atoms with Crippen LogP contribution in [-0.4, -0.2) is 39.4 Å². The fourth-order valence-corrected chi connectivity index (χ4v) is 5.82. The molecular formula is C28H35N3O3. The number of carbonyl (C=O) groups is 2. The highest BCUT2D eigenvalue weighted by Crippen LogP contribution is 2.35. The van der Waals surface area contributed by atoms with E-state index in [-0.39, 0.29) is 17.9 Å². The number of carbonyl (C=O) groups excluding carboxylic acids is 2. The van der Waals surface area contributed by atoms with Gasteiger partial charge in [0.2, 0.25) is 5.91 Å². The Balaban J connectivity index is 1.42. The molecule has 0 spiro atoms. The Hall–Kier alpha value is -3.02. The Morgan fingerprint density at radius 2 is 1.97 bits per heavy atom. The zero-order valence-corrected chi connectivity index (χ0v) is 20.4. The number of amides is 2. The summed E-state index contributed by atoms with van der Waals surface area (Å²) in [6, 6.07) is 14.1. The van der Waals surface area contributed by atoms with Crippen LogP contribution in [0.5, 0.6) is 0 Å². The normalized spacial score (nSPS) is 27.1. The number of aromatic nitrogens is 1. The fourth-order valence-electron chi connectivity index (χ4n) is 5.82. The van der Waals surface area contributed by atoms with Crippen molar-refractivity contribution in [3.63, 3.8) is 0 Å². The van der Waals surface area contributed by atoms with E-state index < -0.39 is 5.54 Å². The molecule has 0 radical (unpaired) electrons. The first-order valence-electron chi connectivity index (χ1n) is 12.6. The van der Waals surface area contributed by atoms with Crippen LogP contribution < -0.4 is 5.32 Å². The number of fused-ring (bicyclic) bond motifs is 3. The summed E-state index contributed by atoms with van der Waals surface area (Å²) < 4.78 is 7.54. The number of nitrogens with zero attached hydrogens (tertiary/aromatic N) is 2. The minimum absolute atomic E-state index is 0.0532. The van der Waals surface area contributed by atoms with E-state index in [9.17, 15) is 9.59 Å². The summed E-state index contributed by atoms with van der Waals surface area (Å²) in [6.07, 6.45) is 6.63. The van der Waals surface area contributed by atoms with E-state index in [0.717, 1.165) is 31.2 Å². The summed E-state index contributed by atoms with van der Waals surface area (Å²) in [5.41, 5.74) is 2.42. The summed E-state index contributed by atoms with van der Waals surface area (Å²) in [7, 11) is 0. The number of aryl methyl sites for hydroxylation is 1. The van der Waals surface area contributed by atoms with Crippen LogP contribution in [0.15, 0.2) is 53.1 Å². The lowest BCUT2D eigenvalue weighted by molar-refractivity contribution is -0.134. The molecule has 4 unspecified atom stereocenters. The maximum atomic E-state index is 13.9. The van der Waals surface area contributed by atoms with Crippen LogP contribution in [0, 0.1) is 11.8 Å². The lowest BCUT2D eigenvalue weighted by Crippen LogP contribution is -2.65. The third kappa shape index (κ3) is 3.93. The molecule has 3 heterocycles. The predicted octanol–water partition coefficient (Wildman–Crippen LogP) is 5.02. The van der Waals surface area contributed by atoms with E-state index in [4.69, 9.17) is 4.42 Å². The van der Waals surface area contributed by atoms with Gasteiger partial charge in [0.25, 0.3) is 5.91 Å². The van der Waals surface area contributed by atoms with Crippen molar-refractivity contribution in [2.45, 2.75) is 71.0 Å². The van der Waals surface area contributed by atoms with Crippen molar-refractivity contribution in [2.24, 2.45) is 11.8 Å². The van der Waals surface area contributed by atoms with Crippen molar-refractivity contribution in [1.29, 1.82) is 0 Å². The molecule has 1 fully saturated rings. The van der Waals surface area contributed by atoms with Gasteiger partial charge in [-0.15, -0.1) is 0 Å². The molecule has 2 aliphatic rings. The first kappa shape index (κ1) is 22.8. The molecule has 3 aromatic rings. The number of hydrogen-bond acceptors (Lipinski definition) is 3. The average Bonchev–Trinajstić information content (AvgIpc) is 3.42. The van der Waals surface area contributed by atoms with Crippen LogP contribution in [-0.2, 0) is 17.8 Å². The monoisotopic (exact) mass is 461 g/mol. The molecule has 4 atom stereocenters. The molecule has 1 aromatic carbocycles. The van der Waals surface area contributed by atoms with Gasteiger partial charge in [0, 0.05) is 24.7 Å². The second kappa shape index (κ2) is 8.97. The number of hydrogen-bond donors (Lipinski definition) is 1. The maximum absolute atomic E-state index is 13.9. The second-order valence-corrected chi connectivity index (χ2v) is 10.5. The topological polar surface area (TPSA) is 67.5 Å². The van der Waals surface area contributed by atoms with E-state index in [1.54, 1.807) is 11.2 Å². The van der Waals surface area contributed by atoms with Gasteiger partial charge in [0.15, 0.2) is 5.58 Å². The molecule has 0 saturated heterocycles. The number of furan rings is 1. The van der Waals surface area contributed by atoms with Crippen molar-refractivity contribution < 1.29 is 14.0 Å². The number of nitrogens with one attached hydrogen (secondary N) is 1. The minimum Gasteiger partial charge on any atom is -0.463 e. The van der Waals surface area contributed by atoms with Crippen molar-refractivity contribution in [3.8, 4) is 0 Å². The van der Waals surface area contributed by atoms with Gasteiger partial charge in [-0.25, -0.2) is 0 Å². The zero-order chi connectivity index (χ0) is 23.9. The van der Waals surface area contributed by atoms with Crippen molar-refractivity contribution in [1.82, 2.24) is 14.8 Å². The van der Waals surface area contributed by atoms with Crippen molar-refractivity contribution in [2.75, 3.05) is 6.54 Å². The number of benzene rings is 1. The SMILES string of the molecule is CC1CCCC(NC(=O)C2(C)Cn3c(cc4occc43)C(=O)N2CCCc2ccccc2)C1C. The third-order valence-corrected chi connectivity index (χ3v) is 8.25. The lowest BCUT2D eigenvalue weighted by atomic mass is 9.77. The van der Waals surface area contributed by atoms with Crippen LogP contribution in [0.25, 0.3) is 11.1 Å². The molecule has 1 aliphatic heterocycles. The first-order valence-corrected chi connectivity index (χ1v) is 12.6.